The molecule has 3 aromatic rings. The fraction of sp³-hybridized carbons (Fsp3) is 0.222. The molecule has 26 heavy (non-hydrogen) atoms. The van der Waals surface area contributed by atoms with Crippen LogP contribution >= 0.6 is 15.9 Å². The largest absolute Gasteiger partial charge is 0.338 e. The van der Waals surface area contributed by atoms with E-state index in [9.17, 15) is 9.18 Å². The highest BCUT2D eigenvalue weighted by molar-refractivity contribution is 9.10. The second-order valence-electron chi connectivity index (χ2n) is 6.65. The maximum Gasteiger partial charge on any atom is 0.241 e. The predicted molar refractivity (Wildman–Crippen MR) is 98.7 cm³/mol. The molecule has 1 amide bonds. The van der Waals surface area contributed by atoms with Crippen LogP contribution in [0.5, 0.6) is 0 Å². The van der Waals surface area contributed by atoms with Gasteiger partial charge >= 0.3 is 0 Å². The van der Waals surface area contributed by atoms with Crippen LogP contribution in [0, 0.1) is 5.82 Å². The van der Waals surface area contributed by atoms with E-state index in [2.05, 4.69) is 30.9 Å². The molecule has 2 aromatic heterocycles. The first-order valence-corrected chi connectivity index (χ1v) is 8.89. The number of likely N-dealkylation sites (N-methyl/N-ethyl adjacent to an activating group) is 1. The van der Waals surface area contributed by atoms with Crippen LogP contribution in [0.3, 0.4) is 0 Å². The zero-order chi connectivity index (χ0) is 18.1. The van der Waals surface area contributed by atoms with Crippen molar-refractivity contribution in [1.82, 2.24) is 15.0 Å². The highest BCUT2D eigenvalue weighted by atomic mass is 79.9. The van der Waals surface area contributed by atoms with Gasteiger partial charge in [0, 0.05) is 49.5 Å². The van der Waals surface area contributed by atoms with Crippen LogP contribution in [0.4, 0.5) is 16.0 Å². The van der Waals surface area contributed by atoms with Crippen molar-refractivity contribution in [3.05, 3.63) is 52.6 Å². The molecule has 0 saturated carbocycles. The van der Waals surface area contributed by atoms with E-state index in [0.717, 1.165) is 16.6 Å². The van der Waals surface area contributed by atoms with E-state index in [4.69, 9.17) is 0 Å². The minimum atomic E-state index is -0.679. The van der Waals surface area contributed by atoms with Gasteiger partial charge in [-0.05, 0) is 28.1 Å². The molecule has 0 aliphatic carbocycles. The molecule has 0 radical (unpaired) electrons. The summed E-state index contributed by atoms with van der Waals surface area (Å²) in [6.45, 7) is 0.975. The number of nitrogens with zero attached hydrogens (tertiary/aromatic N) is 5. The summed E-state index contributed by atoms with van der Waals surface area (Å²) in [7, 11) is 1.75. The second-order valence-corrected chi connectivity index (χ2v) is 7.51. The smallest absolute Gasteiger partial charge is 0.241 e. The number of fused-ring (bicyclic) bond motifs is 4. The standard InChI is InChI=1S/C18H13BrFN5O/c1-24-14-7-23-13-6-12(20)11(19)5-10(13)15(14)18(16(24)26)8-25(9-18)17-21-3-2-4-22-17/h2-7H,8-9H2,1H3. The zero-order valence-electron chi connectivity index (χ0n) is 13.8. The van der Waals surface area contributed by atoms with Gasteiger partial charge < -0.3 is 9.80 Å². The van der Waals surface area contributed by atoms with Crippen molar-refractivity contribution in [1.29, 1.82) is 0 Å². The van der Waals surface area contributed by atoms with Gasteiger partial charge in [-0.25, -0.2) is 14.4 Å². The van der Waals surface area contributed by atoms with Crippen LogP contribution in [0.15, 0.2) is 41.3 Å². The molecule has 0 unspecified atom stereocenters. The van der Waals surface area contributed by atoms with Gasteiger partial charge in [-0.2, -0.15) is 0 Å². The zero-order valence-corrected chi connectivity index (χ0v) is 15.4. The monoisotopic (exact) mass is 413 g/mol. The summed E-state index contributed by atoms with van der Waals surface area (Å²) < 4.78 is 14.3. The van der Waals surface area contributed by atoms with Gasteiger partial charge in [-0.1, -0.05) is 0 Å². The predicted octanol–water partition coefficient (Wildman–Crippen LogP) is 2.66. The van der Waals surface area contributed by atoms with E-state index < -0.39 is 5.41 Å². The number of hydrogen-bond donors (Lipinski definition) is 0. The number of benzene rings is 1. The van der Waals surface area contributed by atoms with Gasteiger partial charge in [0.2, 0.25) is 11.9 Å². The second kappa shape index (κ2) is 5.20. The van der Waals surface area contributed by atoms with Crippen LogP contribution in [0.25, 0.3) is 10.9 Å². The Kier molecular flexibility index (Phi) is 3.13. The number of carbonyl (C=O) groups is 1. The molecule has 130 valence electrons. The molecule has 1 spiro atoms. The minimum Gasteiger partial charge on any atom is -0.338 e. The van der Waals surface area contributed by atoms with Crippen molar-refractivity contribution in [3.8, 4) is 0 Å². The number of hydrogen-bond acceptors (Lipinski definition) is 5. The van der Waals surface area contributed by atoms with Crippen molar-refractivity contribution in [2.45, 2.75) is 5.41 Å². The Balaban J connectivity index is 1.67. The summed E-state index contributed by atoms with van der Waals surface area (Å²) >= 11 is 3.25. The van der Waals surface area contributed by atoms with E-state index in [-0.39, 0.29) is 11.7 Å². The first kappa shape index (κ1) is 15.6. The molecule has 6 nitrogen and oxygen atoms in total. The number of carbonyl (C=O) groups excluding carboxylic acids is 1. The molecule has 4 heterocycles. The highest BCUT2D eigenvalue weighted by Gasteiger charge is 2.58. The lowest BCUT2D eigenvalue weighted by Gasteiger charge is -2.46. The molecular formula is C18H13BrFN5O. The van der Waals surface area contributed by atoms with Crippen molar-refractivity contribution >= 4 is 44.4 Å². The van der Waals surface area contributed by atoms with Gasteiger partial charge in [0.15, 0.2) is 0 Å². The normalized spacial score (nSPS) is 17.7. The maximum atomic E-state index is 13.9. The SMILES string of the molecule is CN1C(=O)C2(CN(c3ncccn3)C2)c2c1cnc1cc(F)c(Br)cc21. The van der Waals surface area contributed by atoms with Crippen molar-refractivity contribution < 1.29 is 9.18 Å². The molecule has 0 N–H and O–H groups in total. The summed E-state index contributed by atoms with van der Waals surface area (Å²) in [5.74, 6) is 0.256. The van der Waals surface area contributed by atoms with Crippen LogP contribution in [0.1, 0.15) is 5.56 Å². The first-order chi connectivity index (χ1) is 12.5. The average molecular weight is 414 g/mol. The van der Waals surface area contributed by atoms with Gasteiger partial charge in [0.1, 0.15) is 11.2 Å². The van der Waals surface area contributed by atoms with Gasteiger partial charge in [-0.15, -0.1) is 0 Å². The van der Waals surface area contributed by atoms with Crippen molar-refractivity contribution in [2.24, 2.45) is 0 Å². The molecule has 1 fully saturated rings. The van der Waals surface area contributed by atoms with E-state index in [1.165, 1.54) is 6.07 Å². The molecule has 2 aliphatic heterocycles. The van der Waals surface area contributed by atoms with Crippen LogP contribution < -0.4 is 9.80 Å². The number of rotatable bonds is 1. The molecule has 0 bridgehead atoms. The quantitative estimate of drug-likeness (QED) is 0.613. The Bertz CT molecular complexity index is 1070. The minimum absolute atomic E-state index is 0.0226. The summed E-state index contributed by atoms with van der Waals surface area (Å²) in [5.41, 5.74) is 1.54. The summed E-state index contributed by atoms with van der Waals surface area (Å²) in [6, 6.07) is 4.87. The topological polar surface area (TPSA) is 62.2 Å². The number of amides is 1. The fourth-order valence-corrected chi connectivity index (χ4v) is 4.31. The fourth-order valence-electron chi connectivity index (χ4n) is 3.97. The number of anilines is 2. The van der Waals surface area contributed by atoms with E-state index in [1.807, 2.05) is 4.90 Å². The number of halogens is 2. The van der Waals surface area contributed by atoms with Crippen LogP contribution in [0.2, 0.25) is 0 Å². The summed E-state index contributed by atoms with van der Waals surface area (Å²) in [6.07, 6.45) is 5.02. The van der Waals surface area contributed by atoms with Crippen LogP contribution in [-0.4, -0.2) is 41.0 Å². The lowest BCUT2D eigenvalue weighted by Crippen LogP contribution is -2.64. The van der Waals surface area contributed by atoms with E-state index in [0.29, 0.717) is 29.0 Å². The maximum absolute atomic E-state index is 13.9. The Morgan fingerprint density at radius 2 is 1.92 bits per heavy atom. The van der Waals surface area contributed by atoms with Crippen LogP contribution in [-0.2, 0) is 10.2 Å². The Labute approximate surface area is 156 Å². The number of pyridine rings is 1. The highest BCUT2D eigenvalue weighted by Crippen LogP contribution is 2.50. The Hall–Kier alpha value is -2.61. The third kappa shape index (κ3) is 1.90. The van der Waals surface area contributed by atoms with E-state index in [1.54, 1.807) is 42.7 Å². The molecule has 5 rings (SSSR count). The lowest BCUT2D eigenvalue weighted by molar-refractivity contribution is -0.123. The van der Waals surface area contributed by atoms with Gasteiger partial charge in [0.05, 0.1) is 21.9 Å². The molecular weight excluding hydrogens is 401 g/mol. The van der Waals surface area contributed by atoms with E-state index >= 15 is 0 Å². The average Bonchev–Trinajstić information content (AvgIpc) is 2.84. The molecule has 1 aromatic carbocycles. The van der Waals surface area contributed by atoms with Crippen molar-refractivity contribution in [3.63, 3.8) is 0 Å². The molecule has 8 heteroatoms. The Morgan fingerprint density at radius 1 is 1.19 bits per heavy atom. The molecule has 0 atom stereocenters. The summed E-state index contributed by atoms with van der Waals surface area (Å²) in [5, 5.41) is 0.794. The van der Waals surface area contributed by atoms with Crippen molar-refractivity contribution in [2.75, 3.05) is 29.9 Å². The third-order valence-corrected chi connectivity index (χ3v) is 5.81. The number of aromatic nitrogens is 3. The van der Waals surface area contributed by atoms with Gasteiger partial charge in [-0.3, -0.25) is 9.78 Å². The Morgan fingerprint density at radius 3 is 2.65 bits per heavy atom. The molecule has 1 saturated heterocycles. The lowest BCUT2D eigenvalue weighted by atomic mass is 9.73. The summed E-state index contributed by atoms with van der Waals surface area (Å²) in [4.78, 5) is 29.6. The third-order valence-electron chi connectivity index (χ3n) is 5.20. The molecule has 2 aliphatic rings. The first-order valence-electron chi connectivity index (χ1n) is 8.10. The van der Waals surface area contributed by atoms with Gasteiger partial charge in [0.25, 0.3) is 0 Å².